The van der Waals surface area contributed by atoms with E-state index < -0.39 is 0 Å². The Morgan fingerprint density at radius 3 is 2.86 bits per heavy atom. The number of nitrogen functional groups attached to an aromatic ring is 1. The number of carbonyl (C=O) groups excluding carboxylic acids is 1. The highest BCUT2D eigenvalue weighted by molar-refractivity contribution is 6.33. The van der Waals surface area contributed by atoms with E-state index in [0.29, 0.717) is 22.8 Å². The number of benzene rings is 2. The van der Waals surface area contributed by atoms with Crippen molar-refractivity contribution in [3.63, 3.8) is 0 Å². The Morgan fingerprint density at radius 2 is 2.05 bits per heavy atom. The summed E-state index contributed by atoms with van der Waals surface area (Å²) in [5, 5.41) is 4.34. The second-order valence-corrected chi connectivity index (χ2v) is 5.27. The van der Waals surface area contributed by atoms with Gasteiger partial charge in [0.25, 0.3) is 0 Å². The van der Waals surface area contributed by atoms with Crippen molar-refractivity contribution >= 4 is 39.8 Å². The summed E-state index contributed by atoms with van der Waals surface area (Å²) >= 11 is 5.93. The summed E-state index contributed by atoms with van der Waals surface area (Å²) in [5.74, 6) is -0.0919. The zero-order valence-electron chi connectivity index (χ0n) is 11.2. The first-order valence-corrected chi connectivity index (χ1v) is 6.90. The zero-order chi connectivity index (χ0) is 14.8. The number of fused-ring (bicyclic) bond motifs is 1. The maximum absolute atomic E-state index is 12.1. The number of rotatable bonds is 3. The molecule has 1 aromatic heterocycles. The molecule has 1 heterocycles. The fraction of sp³-hybridized carbons (Fsp3) is 0.0625. The Bertz CT molecular complexity index is 810. The van der Waals surface area contributed by atoms with Crippen molar-refractivity contribution in [3.8, 4) is 0 Å². The van der Waals surface area contributed by atoms with Gasteiger partial charge in [-0.2, -0.15) is 0 Å². The number of carbonyl (C=O) groups is 1. The van der Waals surface area contributed by atoms with E-state index in [2.05, 4.69) is 10.3 Å². The van der Waals surface area contributed by atoms with Crippen molar-refractivity contribution in [3.05, 3.63) is 59.2 Å². The van der Waals surface area contributed by atoms with Crippen molar-refractivity contribution < 1.29 is 4.79 Å². The normalized spacial score (nSPS) is 10.7. The predicted molar refractivity (Wildman–Crippen MR) is 86.5 cm³/mol. The smallest absolute Gasteiger partial charge is 0.228 e. The number of halogens is 1. The lowest BCUT2D eigenvalue weighted by Gasteiger charge is -2.07. The van der Waals surface area contributed by atoms with Gasteiger partial charge in [-0.25, -0.2) is 0 Å². The van der Waals surface area contributed by atoms with Crippen LogP contribution in [-0.2, 0) is 11.2 Å². The molecule has 21 heavy (non-hydrogen) atoms. The minimum Gasteiger partial charge on any atom is -0.398 e. The molecule has 4 nitrogen and oxygen atoms in total. The van der Waals surface area contributed by atoms with Gasteiger partial charge in [0.2, 0.25) is 5.91 Å². The van der Waals surface area contributed by atoms with Crippen molar-refractivity contribution in [1.82, 2.24) is 4.98 Å². The van der Waals surface area contributed by atoms with Crippen LogP contribution in [0, 0.1) is 0 Å². The Labute approximate surface area is 126 Å². The topological polar surface area (TPSA) is 70.9 Å². The Balaban J connectivity index is 1.71. The van der Waals surface area contributed by atoms with Crippen LogP contribution in [0.2, 0.25) is 5.02 Å². The number of nitrogens with one attached hydrogen (secondary N) is 2. The number of hydrogen-bond acceptors (Lipinski definition) is 2. The first-order valence-electron chi connectivity index (χ1n) is 6.53. The quantitative estimate of drug-likeness (QED) is 0.647. The monoisotopic (exact) mass is 299 g/mol. The number of H-pyrrole nitrogens is 1. The van der Waals surface area contributed by atoms with Gasteiger partial charge in [0.15, 0.2) is 0 Å². The summed E-state index contributed by atoms with van der Waals surface area (Å²) < 4.78 is 0. The third-order valence-corrected chi connectivity index (χ3v) is 3.59. The maximum Gasteiger partial charge on any atom is 0.228 e. The number of aromatic amines is 1. The lowest BCUT2D eigenvalue weighted by molar-refractivity contribution is -0.115. The summed E-state index contributed by atoms with van der Waals surface area (Å²) in [6.07, 6.45) is 2.19. The molecule has 0 aliphatic heterocycles. The molecule has 0 aliphatic carbocycles. The number of aromatic nitrogens is 1. The molecule has 0 radical (unpaired) electrons. The fourth-order valence-corrected chi connectivity index (χ4v) is 2.39. The lowest BCUT2D eigenvalue weighted by Crippen LogP contribution is -2.14. The van der Waals surface area contributed by atoms with E-state index >= 15 is 0 Å². The van der Waals surface area contributed by atoms with Gasteiger partial charge in [-0.3, -0.25) is 4.79 Å². The number of anilines is 2. The minimum absolute atomic E-state index is 0.0919. The van der Waals surface area contributed by atoms with E-state index in [-0.39, 0.29) is 5.91 Å². The predicted octanol–water partition coefficient (Wildman–Crippen LogP) is 3.58. The Kier molecular flexibility index (Phi) is 3.54. The van der Waals surface area contributed by atoms with Crippen LogP contribution < -0.4 is 11.1 Å². The second-order valence-electron chi connectivity index (χ2n) is 4.86. The number of hydrogen-bond donors (Lipinski definition) is 3. The fourth-order valence-electron chi connectivity index (χ4n) is 2.21. The number of nitrogens with two attached hydrogens (primary N) is 1. The van der Waals surface area contributed by atoms with Crippen molar-refractivity contribution in [1.29, 1.82) is 0 Å². The molecular weight excluding hydrogens is 286 g/mol. The number of amides is 1. The van der Waals surface area contributed by atoms with Crippen LogP contribution in [0.15, 0.2) is 48.7 Å². The van der Waals surface area contributed by atoms with E-state index in [4.69, 9.17) is 17.3 Å². The SMILES string of the molecule is Nc1ccc(NC(=O)Cc2ccc3[nH]ccc3c2)cc1Cl. The van der Waals surface area contributed by atoms with E-state index in [9.17, 15) is 4.79 Å². The molecule has 3 rings (SSSR count). The third kappa shape index (κ3) is 3.01. The van der Waals surface area contributed by atoms with E-state index in [0.717, 1.165) is 16.5 Å². The van der Waals surface area contributed by atoms with Crippen LogP contribution in [0.1, 0.15) is 5.56 Å². The van der Waals surface area contributed by atoms with Crippen LogP contribution in [-0.4, -0.2) is 10.9 Å². The van der Waals surface area contributed by atoms with Crippen LogP contribution in [0.4, 0.5) is 11.4 Å². The van der Waals surface area contributed by atoms with Gasteiger partial charge in [-0.05, 0) is 47.3 Å². The maximum atomic E-state index is 12.1. The van der Waals surface area contributed by atoms with Gasteiger partial charge in [-0.15, -0.1) is 0 Å². The van der Waals surface area contributed by atoms with Gasteiger partial charge in [0.05, 0.1) is 17.1 Å². The molecule has 2 aromatic carbocycles. The molecule has 5 heteroatoms. The largest absolute Gasteiger partial charge is 0.398 e. The molecule has 0 bridgehead atoms. The summed E-state index contributed by atoms with van der Waals surface area (Å²) in [7, 11) is 0. The molecule has 0 aliphatic rings. The summed E-state index contributed by atoms with van der Waals surface area (Å²) in [6.45, 7) is 0. The molecule has 0 saturated carbocycles. The van der Waals surface area contributed by atoms with Gasteiger partial charge in [-0.1, -0.05) is 17.7 Å². The Hall–Kier alpha value is -2.46. The van der Waals surface area contributed by atoms with Gasteiger partial charge in [0.1, 0.15) is 0 Å². The van der Waals surface area contributed by atoms with E-state index in [1.807, 2.05) is 30.5 Å². The van der Waals surface area contributed by atoms with Gasteiger partial charge in [0, 0.05) is 17.4 Å². The standard InChI is InChI=1S/C16H14ClN3O/c17-13-9-12(2-3-14(13)18)20-16(21)8-10-1-4-15-11(7-10)5-6-19-15/h1-7,9,19H,8,18H2,(H,20,21). The summed E-state index contributed by atoms with van der Waals surface area (Å²) in [5.41, 5.74) is 8.79. The van der Waals surface area contributed by atoms with Crippen LogP contribution in [0.5, 0.6) is 0 Å². The van der Waals surface area contributed by atoms with Gasteiger partial charge < -0.3 is 16.0 Å². The molecule has 1 amide bonds. The first-order chi connectivity index (χ1) is 10.1. The highest BCUT2D eigenvalue weighted by Gasteiger charge is 2.06. The van der Waals surface area contributed by atoms with Crippen molar-refractivity contribution in [2.45, 2.75) is 6.42 Å². The molecule has 0 fully saturated rings. The molecule has 0 atom stereocenters. The summed E-state index contributed by atoms with van der Waals surface area (Å²) in [6, 6.07) is 12.9. The van der Waals surface area contributed by atoms with Crippen LogP contribution in [0.25, 0.3) is 10.9 Å². The minimum atomic E-state index is -0.0919. The van der Waals surface area contributed by atoms with E-state index in [1.54, 1.807) is 18.2 Å². The highest BCUT2D eigenvalue weighted by atomic mass is 35.5. The molecule has 0 saturated heterocycles. The van der Waals surface area contributed by atoms with Gasteiger partial charge >= 0.3 is 0 Å². The molecule has 0 unspecified atom stereocenters. The summed E-state index contributed by atoms with van der Waals surface area (Å²) in [4.78, 5) is 15.2. The van der Waals surface area contributed by atoms with Crippen molar-refractivity contribution in [2.75, 3.05) is 11.1 Å². The molecule has 106 valence electrons. The van der Waals surface area contributed by atoms with E-state index in [1.165, 1.54) is 0 Å². The third-order valence-electron chi connectivity index (χ3n) is 3.27. The van der Waals surface area contributed by atoms with Crippen LogP contribution in [0.3, 0.4) is 0 Å². The average Bonchev–Trinajstić information content (AvgIpc) is 2.90. The van der Waals surface area contributed by atoms with Crippen molar-refractivity contribution in [2.24, 2.45) is 0 Å². The lowest BCUT2D eigenvalue weighted by atomic mass is 10.1. The zero-order valence-corrected chi connectivity index (χ0v) is 11.9. The highest BCUT2D eigenvalue weighted by Crippen LogP contribution is 2.23. The average molecular weight is 300 g/mol. The molecule has 4 N–H and O–H groups in total. The van der Waals surface area contributed by atoms with Crippen LogP contribution >= 0.6 is 11.6 Å². The molecule has 3 aromatic rings. The Morgan fingerprint density at radius 1 is 1.19 bits per heavy atom. The first kappa shape index (κ1) is 13.5. The molecular formula is C16H14ClN3O. The molecule has 0 spiro atoms. The second kappa shape index (κ2) is 5.50.